The normalized spacial score (nSPS) is 11.0. The molecule has 0 aliphatic carbocycles. The Morgan fingerprint density at radius 1 is 1.00 bits per heavy atom. The third-order valence-corrected chi connectivity index (χ3v) is 4.50. The number of rotatable bonds is 6. The van der Waals surface area contributed by atoms with Gasteiger partial charge in [0.25, 0.3) is 0 Å². The standard InChI is InChI=1S/C21H19N5O/c1-22-8-9-26-19(14-27)12-21(25-26)17-5-7-24-20(11-17)16-3-2-15-4-6-23-13-18(15)10-16/h2-7,10-14,22H,8-9H2,1H3. The molecule has 6 nitrogen and oxygen atoms in total. The number of fused-ring (bicyclic) bond motifs is 1. The van der Waals surface area contributed by atoms with Crippen molar-refractivity contribution in [2.45, 2.75) is 6.54 Å². The first-order chi connectivity index (χ1) is 13.3. The number of likely N-dealkylation sites (N-methyl/N-ethyl adjacent to an activating group) is 1. The number of aromatic nitrogens is 4. The molecule has 0 aliphatic rings. The largest absolute Gasteiger partial charge is 0.318 e. The number of carbonyl (C=O) groups is 1. The number of nitrogens with one attached hydrogen (secondary N) is 1. The SMILES string of the molecule is CNCCn1nc(-c2ccnc(-c3ccc4ccncc4c3)c2)cc1C=O. The molecule has 0 radical (unpaired) electrons. The maximum atomic E-state index is 11.3. The van der Waals surface area contributed by atoms with Crippen LogP contribution in [-0.2, 0) is 6.54 Å². The van der Waals surface area contributed by atoms with Crippen LogP contribution >= 0.6 is 0 Å². The molecule has 134 valence electrons. The van der Waals surface area contributed by atoms with E-state index in [1.54, 1.807) is 17.1 Å². The fourth-order valence-corrected chi connectivity index (χ4v) is 3.06. The summed E-state index contributed by atoms with van der Waals surface area (Å²) in [6, 6.07) is 13.9. The van der Waals surface area contributed by atoms with Gasteiger partial charge in [-0.15, -0.1) is 0 Å². The lowest BCUT2D eigenvalue weighted by atomic mass is 10.0. The summed E-state index contributed by atoms with van der Waals surface area (Å²) in [5.74, 6) is 0. The van der Waals surface area contributed by atoms with Gasteiger partial charge in [-0.2, -0.15) is 5.10 Å². The van der Waals surface area contributed by atoms with E-state index in [1.807, 2.05) is 37.5 Å². The van der Waals surface area contributed by atoms with Crippen molar-refractivity contribution < 1.29 is 4.79 Å². The highest BCUT2D eigenvalue weighted by Gasteiger charge is 2.10. The smallest absolute Gasteiger partial charge is 0.168 e. The van der Waals surface area contributed by atoms with Crippen molar-refractivity contribution in [1.82, 2.24) is 25.1 Å². The minimum absolute atomic E-state index is 0.565. The molecule has 0 fully saturated rings. The Morgan fingerprint density at radius 2 is 1.89 bits per heavy atom. The van der Waals surface area contributed by atoms with Crippen LogP contribution in [0.15, 0.2) is 61.1 Å². The zero-order valence-corrected chi connectivity index (χ0v) is 15.0. The van der Waals surface area contributed by atoms with E-state index >= 15 is 0 Å². The second-order valence-corrected chi connectivity index (χ2v) is 6.27. The van der Waals surface area contributed by atoms with Gasteiger partial charge in [-0.1, -0.05) is 12.1 Å². The number of benzene rings is 1. The molecule has 0 atom stereocenters. The van der Waals surface area contributed by atoms with Gasteiger partial charge in [-0.05, 0) is 42.8 Å². The molecule has 0 aliphatic heterocycles. The molecule has 0 saturated heterocycles. The molecule has 1 aromatic carbocycles. The lowest BCUT2D eigenvalue weighted by Gasteiger charge is -2.05. The average Bonchev–Trinajstić information content (AvgIpc) is 3.15. The van der Waals surface area contributed by atoms with E-state index in [1.165, 1.54) is 0 Å². The number of nitrogens with zero attached hydrogens (tertiary/aromatic N) is 4. The highest BCUT2D eigenvalue weighted by Crippen LogP contribution is 2.26. The lowest BCUT2D eigenvalue weighted by Crippen LogP contribution is -2.17. The summed E-state index contributed by atoms with van der Waals surface area (Å²) in [5.41, 5.74) is 4.13. The van der Waals surface area contributed by atoms with E-state index in [-0.39, 0.29) is 0 Å². The summed E-state index contributed by atoms with van der Waals surface area (Å²) in [6.07, 6.45) is 6.24. The molecule has 27 heavy (non-hydrogen) atoms. The monoisotopic (exact) mass is 357 g/mol. The molecule has 6 heteroatoms. The van der Waals surface area contributed by atoms with E-state index in [9.17, 15) is 4.79 Å². The van der Waals surface area contributed by atoms with E-state index in [2.05, 4.69) is 38.6 Å². The number of hydrogen-bond acceptors (Lipinski definition) is 5. The molecule has 1 N–H and O–H groups in total. The predicted molar refractivity (Wildman–Crippen MR) is 106 cm³/mol. The lowest BCUT2D eigenvalue weighted by molar-refractivity contribution is 0.111. The van der Waals surface area contributed by atoms with Crippen molar-refractivity contribution in [3.63, 3.8) is 0 Å². The summed E-state index contributed by atoms with van der Waals surface area (Å²) < 4.78 is 1.72. The third-order valence-electron chi connectivity index (χ3n) is 4.50. The summed E-state index contributed by atoms with van der Waals surface area (Å²) in [4.78, 5) is 20.0. The molecule has 0 saturated carbocycles. The quantitative estimate of drug-likeness (QED) is 0.537. The van der Waals surface area contributed by atoms with Crippen molar-refractivity contribution in [3.8, 4) is 22.5 Å². The fraction of sp³-hybridized carbons (Fsp3) is 0.143. The molecular weight excluding hydrogens is 338 g/mol. The van der Waals surface area contributed by atoms with Crippen molar-refractivity contribution in [2.75, 3.05) is 13.6 Å². The van der Waals surface area contributed by atoms with Gasteiger partial charge in [-0.3, -0.25) is 19.4 Å². The second kappa shape index (κ2) is 7.47. The number of pyridine rings is 2. The zero-order chi connectivity index (χ0) is 18.6. The van der Waals surface area contributed by atoms with Gasteiger partial charge in [0.1, 0.15) is 5.69 Å². The van der Waals surface area contributed by atoms with Gasteiger partial charge in [0.2, 0.25) is 0 Å². The number of hydrogen-bond donors (Lipinski definition) is 1. The molecule has 0 unspecified atom stereocenters. The van der Waals surface area contributed by atoms with Crippen molar-refractivity contribution in [1.29, 1.82) is 0 Å². The Morgan fingerprint density at radius 3 is 2.74 bits per heavy atom. The first-order valence-corrected chi connectivity index (χ1v) is 8.77. The summed E-state index contributed by atoms with van der Waals surface area (Å²) in [6.45, 7) is 1.38. The Bertz CT molecular complexity index is 1100. The summed E-state index contributed by atoms with van der Waals surface area (Å²) in [7, 11) is 1.87. The van der Waals surface area contributed by atoms with Gasteiger partial charge in [0.05, 0.1) is 17.9 Å². The van der Waals surface area contributed by atoms with Crippen LogP contribution in [0.1, 0.15) is 10.5 Å². The average molecular weight is 357 g/mol. The molecular formula is C21H19N5O. The molecule has 3 aromatic heterocycles. The Labute approximate surface area is 156 Å². The summed E-state index contributed by atoms with van der Waals surface area (Å²) in [5, 5.41) is 9.86. The van der Waals surface area contributed by atoms with E-state index in [0.717, 1.165) is 46.1 Å². The molecule has 0 spiro atoms. The number of aldehydes is 1. The predicted octanol–water partition coefficient (Wildman–Crippen LogP) is 3.19. The van der Waals surface area contributed by atoms with Crippen molar-refractivity contribution >= 4 is 17.1 Å². The first kappa shape index (κ1) is 17.1. The maximum absolute atomic E-state index is 11.3. The molecule has 0 bridgehead atoms. The Kier molecular flexibility index (Phi) is 4.72. The van der Waals surface area contributed by atoms with Crippen LogP contribution < -0.4 is 5.32 Å². The zero-order valence-electron chi connectivity index (χ0n) is 15.0. The molecule has 0 amide bonds. The Hall–Kier alpha value is -3.38. The van der Waals surface area contributed by atoms with Gasteiger partial charge in [0, 0.05) is 41.6 Å². The van der Waals surface area contributed by atoms with Crippen molar-refractivity contribution in [3.05, 3.63) is 66.7 Å². The fourth-order valence-electron chi connectivity index (χ4n) is 3.06. The minimum atomic E-state index is 0.565. The highest BCUT2D eigenvalue weighted by atomic mass is 16.1. The Balaban J connectivity index is 1.71. The van der Waals surface area contributed by atoms with Gasteiger partial charge in [-0.25, -0.2) is 0 Å². The van der Waals surface area contributed by atoms with Crippen LogP contribution in [0.4, 0.5) is 0 Å². The van der Waals surface area contributed by atoms with Crippen LogP contribution in [0.2, 0.25) is 0 Å². The maximum Gasteiger partial charge on any atom is 0.168 e. The number of carbonyl (C=O) groups excluding carboxylic acids is 1. The third kappa shape index (κ3) is 3.47. The first-order valence-electron chi connectivity index (χ1n) is 8.77. The van der Waals surface area contributed by atoms with Crippen LogP contribution in [0, 0.1) is 0 Å². The summed E-state index contributed by atoms with van der Waals surface area (Å²) >= 11 is 0. The van der Waals surface area contributed by atoms with Crippen LogP contribution in [0.25, 0.3) is 33.3 Å². The highest BCUT2D eigenvalue weighted by molar-refractivity contribution is 5.86. The van der Waals surface area contributed by atoms with Crippen LogP contribution in [0.3, 0.4) is 0 Å². The van der Waals surface area contributed by atoms with E-state index < -0.39 is 0 Å². The van der Waals surface area contributed by atoms with Gasteiger partial charge in [0.15, 0.2) is 6.29 Å². The van der Waals surface area contributed by atoms with E-state index in [0.29, 0.717) is 12.2 Å². The topological polar surface area (TPSA) is 72.7 Å². The molecule has 3 heterocycles. The van der Waals surface area contributed by atoms with Crippen LogP contribution in [-0.4, -0.2) is 39.6 Å². The van der Waals surface area contributed by atoms with E-state index in [4.69, 9.17) is 0 Å². The minimum Gasteiger partial charge on any atom is -0.318 e. The van der Waals surface area contributed by atoms with Gasteiger partial charge < -0.3 is 5.32 Å². The van der Waals surface area contributed by atoms with Crippen LogP contribution in [0.5, 0.6) is 0 Å². The van der Waals surface area contributed by atoms with Crippen molar-refractivity contribution in [2.24, 2.45) is 0 Å². The molecule has 4 aromatic rings. The second-order valence-electron chi connectivity index (χ2n) is 6.27. The molecule has 4 rings (SSSR count). The van der Waals surface area contributed by atoms with Gasteiger partial charge >= 0.3 is 0 Å².